The number of amides is 1. The predicted octanol–water partition coefficient (Wildman–Crippen LogP) is 1.27. The lowest BCUT2D eigenvalue weighted by Gasteiger charge is -2.26. The fourth-order valence-corrected chi connectivity index (χ4v) is 3.02. The molecule has 1 aliphatic heterocycles. The van der Waals surface area contributed by atoms with Gasteiger partial charge in [0, 0.05) is 27.2 Å². The maximum atomic E-state index is 12.3. The Bertz CT molecular complexity index is 443. The number of ether oxygens (including phenoxy) is 1. The summed E-state index contributed by atoms with van der Waals surface area (Å²) in [5, 5.41) is 3.56. The van der Waals surface area contributed by atoms with Crippen molar-refractivity contribution in [3.05, 3.63) is 4.88 Å². The maximum Gasteiger partial charge on any atom is 0.267 e. The Morgan fingerprint density at radius 2 is 2.47 bits per heavy atom. The van der Waals surface area contributed by atoms with Crippen LogP contribution in [0.15, 0.2) is 0 Å². The second kappa shape index (κ2) is 6.21. The molecule has 6 nitrogen and oxygen atoms in total. The van der Waals surface area contributed by atoms with Crippen molar-refractivity contribution < 1.29 is 9.53 Å². The molecule has 7 heteroatoms. The van der Waals surface area contributed by atoms with Crippen LogP contribution in [0.2, 0.25) is 0 Å². The van der Waals surface area contributed by atoms with E-state index in [2.05, 4.69) is 10.3 Å². The van der Waals surface area contributed by atoms with Gasteiger partial charge in [-0.2, -0.15) is 0 Å². The van der Waals surface area contributed by atoms with Crippen molar-refractivity contribution in [1.29, 1.82) is 0 Å². The van der Waals surface area contributed by atoms with Gasteiger partial charge in [0.15, 0.2) is 5.13 Å². The van der Waals surface area contributed by atoms with Crippen LogP contribution < -0.4 is 11.1 Å². The number of aromatic nitrogens is 1. The molecule has 19 heavy (non-hydrogen) atoms. The summed E-state index contributed by atoms with van der Waals surface area (Å²) in [6.45, 7) is 2.27. The van der Waals surface area contributed by atoms with E-state index >= 15 is 0 Å². The number of carbonyl (C=O) groups is 1. The number of thiazole rings is 1. The van der Waals surface area contributed by atoms with Gasteiger partial charge >= 0.3 is 0 Å². The van der Waals surface area contributed by atoms with Crippen LogP contribution in [-0.4, -0.2) is 49.6 Å². The molecule has 1 fully saturated rings. The van der Waals surface area contributed by atoms with Crippen molar-refractivity contribution in [1.82, 2.24) is 9.88 Å². The number of nitrogens with zero attached hydrogens (tertiary/aromatic N) is 2. The van der Waals surface area contributed by atoms with Gasteiger partial charge in [-0.1, -0.05) is 11.3 Å². The number of anilines is 2. The molecular weight excluding hydrogens is 264 g/mol. The lowest BCUT2D eigenvalue weighted by atomic mass is 10.0. The largest absolute Gasteiger partial charge is 0.382 e. The quantitative estimate of drug-likeness (QED) is 0.870. The van der Waals surface area contributed by atoms with Gasteiger partial charge in [0.1, 0.15) is 10.7 Å². The van der Waals surface area contributed by atoms with Crippen LogP contribution in [0.3, 0.4) is 0 Å². The van der Waals surface area contributed by atoms with Crippen LogP contribution in [0.25, 0.3) is 0 Å². The molecule has 1 aliphatic rings. The highest BCUT2D eigenvalue weighted by Crippen LogP contribution is 2.26. The minimum Gasteiger partial charge on any atom is -0.382 e. The third-order valence-corrected chi connectivity index (χ3v) is 4.27. The van der Waals surface area contributed by atoms with E-state index in [-0.39, 0.29) is 5.91 Å². The second-order valence-electron chi connectivity index (χ2n) is 4.75. The summed E-state index contributed by atoms with van der Waals surface area (Å²) in [5.41, 5.74) is 5.78. The minimum absolute atomic E-state index is 0.0675. The molecule has 0 aromatic carbocycles. The van der Waals surface area contributed by atoms with E-state index < -0.39 is 0 Å². The number of carbonyl (C=O) groups excluding carboxylic acids is 1. The average molecular weight is 284 g/mol. The highest BCUT2D eigenvalue weighted by molar-refractivity contribution is 7.18. The van der Waals surface area contributed by atoms with Gasteiger partial charge in [0.25, 0.3) is 5.91 Å². The Kier molecular flexibility index (Phi) is 4.60. The van der Waals surface area contributed by atoms with Crippen molar-refractivity contribution in [2.24, 2.45) is 5.92 Å². The van der Waals surface area contributed by atoms with Crippen LogP contribution in [0, 0.1) is 5.92 Å². The summed E-state index contributed by atoms with van der Waals surface area (Å²) >= 11 is 1.29. The van der Waals surface area contributed by atoms with Gasteiger partial charge < -0.3 is 20.7 Å². The van der Waals surface area contributed by atoms with Crippen molar-refractivity contribution >= 4 is 28.2 Å². The summed E-state index contributed by atoms with van der Waals surface area (Å²) in [4.78, 5) is 18.6. The maximum absolute atomic E-state index is 12.3. The monoisotopic (exact) mass is 284 g/mol. The molecule has 0 aliphatic carbocycles. The lowest BCUT2D eigenvalue weighted by Crippen LogP contribution is -2.35. The van der Waals surface area contributed by atoms with Gasteiger partial charge in [-0.3, -0.25) is 4.79 Å². The molecule has 1 aromatic heterocycles. The number of nitrogen functional groups attached to an aromatic ring is 1. The molecule has 1 amide bonds. The third kappa shape index (κ3) is 3.36. The summed E-state index contributed by atoms with van der Waals surface area (Å²) in [7, 11) is 3.56. The molecule has 0 bridgehead atoms. The molecule has 0 spiro atoms. The average Bonchev–Trinajstić information content (AvgIpc) is 2.80. The zero-order chi connectivity index (χ0) is 13.8. The van der Waals surface area contributed by atoms with Crippen LogP contribution in [-0.2, 0) is 4.74 Å². The standard InChI is InChI=1S/C12H20N4O2S/c1-14-12-15-10(13)9(19-12)11(17)16(2)6-8-4-3-5-18-7-8/h8H,3-7,13H2,1-2H3,(H,14,15). The highest BCUT2D eigenvalue weighted by Gasteiger charge is 2.23. The van der Waals surface area contributed by atoms with E-state index in [0.29, 0.717) is 28.3 Å². The topological polar surface area (TPSA) is 80.5 Å². The summed E-state index contributed by atoms with van der Waals surface area (Å²) in [6.07, 6.45) is 2.18. The molecule has 2 heterocycles. The summed E-state index contributed by atoms with van der Waals surface area (Å²) in [5.74, 6) is 0.647. The van der Waals surface area contributed by atoms with Gasteiger partial charge in [-0.25, -0.2) is 4.98 Å². The van der Waals surface area contributed by atoms with E-state index in [9.17, 15) is 4.79 Å². The third-order valence-electron chi connectivity index (χ3n) is 3.19. The van der Waals surface area contributed by atoms with Crippen molar-refractivity contribution in [3.8, 4) is 0 Å². The second-order valence-corrected chi connectivity index (χ2v) is 5.75. The lowest BCUT2D eigenvalue weighted by molar-refractivity contribution is 0.0390. The molecule has 0 saturated carbocycles. The molecule has 1 unspecified atom stereocenters. The number of hydrogen-bond donors (Lipinski definition) is 2. The fourth-order valence-electron chi connectivity index (χ4n) is 2.19. The Morgan fingerprint density at radius 1 is 1.68 bits per heavy atom. The Balaban J connectivity index is 1.99. The normalized spacial score (nSPS) is 19.2. The minimum atomic E-state index is -0.0675. The molecule has 3 N–H and O–H groups in total. The van der Waals surface area contributed by atoms with Gasteiger partial charge in [0.2, 0.25) is 0 Å². The van der Waals surface area contributed by atoms with E-state index in [1.165, 1.54) is 11.3 Å². The number of hydrogen-bond acceptors (Lipinski definition) is 6. The van der Waals surface area contributed by atoms with Crippen LogP contribution in [0.5, 0.6) is 0 Å². The fraction of sp³-hybridized carbons (Fsp3) is 0.667. The van der Waals surface area contributed by atoms with E-state index in [0.717, 1.165) is 26.1 Å². The number of nitrogens with one attached hydrogen (secondary N) is 1. The molecule has 106 valence electrons. The van der Waals surface area contributed by atoms with Crippen molar-refractivity contribution in [2.45, 2.75) is 12.8 Å². The highest BCUT2D eigenvalue weighted by atomic mass is 32.1. The first kappa shape index (κ1) is 14.1. The van der Waals surface area contributed by atoms with Crippen molar-refractivity contribution in [2.75, 3.05) is 44.9 Å². The Labute approximate surface area is 116 Å². The zero-order valence-electron chi connectivity index (χ0n) is 11.3. The summed E-state index contributed by atoms with van der Waals surface area (Å²) in [6, 6.07) is 0. The molecule has 1 atom stereocenters. The van der Waals surface area contributed by atoms with E-state index in [1.54, 1.807) is 19.0 Å². The molecule has 1 saturated heterocycles. The van der Waals surface area contributed by atoms with Crippen LogP contribution in [0.4, 0.5) is 10.9 Å². The van der Waals surface area contributed by atoms with Crippen LogP contribution >= 0.6 is 11.3 Å². The van der Waals surface area contributed by atoms with Crippen molar-refractivity contribution in [3.63, 3.8) is 0 Å². The first-order chi connectivity index (χ1) is 9.11. The zero-order valence-corrected chi connectivity index (χ0v) is 12.1. The van der Waals surface area contributed by atoms with Gasteiger partial charge in [-0.15, -0.1) is 0 Å². The van der Waals surface area contributed by atoms with E-state index in [4.69, 9.17) is 10.5 Å². The number of rotatable bonds is 4. The van der Waals surface area contributed by atoms with Crippen LogP contribution in [0.1, 0.15) is 22.5 Å². The first-order valence-electron chi connectivity index (χ1n) is 6.39. The SMILES string of the molecule is CNc1nc(N)c(C(=O)N(C)CC2CCCOC2)s1. The van der Waals surface area contributed by atoms with E-state index in [1.807, 2.05) is 0 Å². The predicted molar refractivity (Wildman–Crippen MR) is 76.6 cm³/mol. The number of nitrogens with two attached hydrogens (primary N) is 1. The Morgan fingerprint density at radius 3 is 3.05 bits per heavy atom. The summed E-state index contributed by atoms with van der Waals surface area (Å²) < 4.78 is 5.43. The smallest absolute Gasteiger partial charge is 0.267 e. The molecule has 1 aromatic rings. The molecule has 2 rings (SSSR count). The molecular formula is C12H20N4O2S. The van der Waals surface area contributed by atoms with Gasteiger partial charge in [-0.05, 0) is 18.8 Å². The molecule has 0 radical (unpaired) electrons. The Hall–Kier alpha value is -1.34. The van der Waals surface area contributed by atoms with Gasteiger partial charge in [0.05, 0.1) is 6.61 Å². The first-order valence-corrected chi connectivity index (χ1v) is 7.20.